The third-order valence-electron chi connectivity index (χ3n) is 3.66. The van der Waals surface area contributed by atoms with Crippen molar-refractivity contribution in [3.8, 4) is 11.3 Å². The van der Waals surface area contributed by atoms with Crippen molar-refractivity contribution in [2.75, 3.05) is 13.7 Å². The van der Waals surface area contributed by atoms with Crippen LogP contribution in [0.15, 0.2) is 53.1 Å². The van der Waals surface area contributed by atoms with E-state index in [4.69, 9.17) is 20.8 Å². The molecule has 7 nitrogen and oxygen atoms in total. The largest absolute Gasteiger partial charge is 0.467 e. The Morgan fingerprint density at radius 2 is 2.04 bits per heavy atom. The van der Waals surface area contributed by atoms with E-state index in [1.807, 2.05) is 0 Å². The van der Waals surface area contributed by atoms with E-state index in [9.17, 15) is 9.59 Å². The molecule has 0 radical (unpaired) electrons. The highest BCUT2D eigenvalue weighted by Crippen LogP contribution is 2.20. The summed E-state index contributed by atoms with van der Waals surface area (Å²) < 4.78 is 10.2. The van der Waals surface area contributed by atoms with E-state index in [2.05, 4.69) is 10.2 Å². The van der Waals surface area contributed by atoms with Gasteiger partial charge in [0.15, 0.2) is 6.61 Å². The van der Waals surface area contributed by atoms with Crippen LogP contribution in [-0.2, 0) is 16.1 Å². The summed E-state index contributed by atoms with van der Waals surface area (Å²) >= 11 is 5.85. The van der Waals surface area contributed by atoms with Crippen LogP contribution in [0.5, 0.6) is 0 Å². The zero-order chi connectivity index (χ0) is 18.5. The van der Waals surface area contributed by atoms with Gasteiger partial charge in [-0.1, -0.05) is 23.7 Å². The molecule has 26 heavy (non-hydrogen) atoms. The molecule has 0 spiro atoms. The fraction of sp³-hybridized carbons (Fsp3) is 0.167. The van der Waals surface area contributed by atoms with Gasteiger partial charge in [0.05, 0.1) is 18.5 Å². The maximum Gasteiger partial charge on any atom is 0.356 e. The number of hydrogen-bond acceptors (Lipinski definition) is 5. The summed E-state index contributed by atoms with van der Waals surface area (Å²) in [5.74, 6) is -0.349. The van der Waals surface area contributed by atoms with Crippen LogP contribution in [0.2, 0.25) is 5.02 Å². The third-order valence-corrected chi connectivity index (χ3v) is 3.92. The summed E-state index contributed by atoms with van der Waals surface area (Å²) in [7, 11) is 1.60. The van der Waals surface area contributed by atoms with Crippen LogP contribution >= 0.6 is 11.6 Å². The lowest BCUT2D eigenvalue weighted by atomic mass is 10.1. The number of carbonyl (C=O) groups excluding carboxylic acids is 2. The monoisotopic (exact) mass is 373 g/mol. The van der Waals surface area contributed by atoms with Crippen LogP contribution in [0.4, 0.5) is 0 Å². The van der Waals surface area contributed by atoms with Crippen LogP contribution in [0, 0.1) is 0 Å². The van der Waals surface area contributed by atoms with Crippen molar-refractivity contribution in [1.82, 2.24) is 15.1 Å². The molecule has 0 atom stereocenters. The van der Waals surface area contributed by atoms with Crippen molar-refractivity contribution in [2.24, 2.45) is 0 Å². The van der Waals surface area contributed by atoms with Crippen LogP contribution in [0.1, 0.15) is 16.2 Å². The van der Waals surface area contributed by atoms with E-state index in [-0.39, 0.29) is 18.2 Å². The van der Waals surface area contributed by atoms with Gasteiger partial charge >= 0.3 is 5.97 Å². The number of hydrogen-bond donors (Lipinski definition) is 1. The molecule has 1 N–H and O–H groups in total. The number of amides is 1. The normalized spacial score (nSPS) is 10.5. The zero-order valence-electron chi connectivity index (χ0n) is 13.9. The van der Waals surface area contributed by atoms with E-state index < -0.39 is 5.97 Å². The number of nitrogens with zero attached hydrogens (tertiary/aromatic N) is 2. The van der Waals surface area contributed by atoms with Gasteiger partial charge in [-0.15, -0.1) is 0 Å². The highest BCUT2D eigenvalue weighted by molar-refractivity contribution is 6.30. The van der Waals surface area contributed by atoms with Gasteiger partial charge < -0.3 is 14.1 Å². The number of benzene rings is 1. The number of furan rings is 1. The van der Waals surface area contributed by atoms with Gasteiger partial charge in [-0.3, -0.25) is 9.89 Å². The number of likely N-dealkylation sites (N-methyl/N-ethyl adjacent to an activating group) is 1. The highest BCUT2D eigenvalue weighted by Gasteiger charge is 2.16. The summed E-state index contributed by atoms with van der Waals surface area (Å²) in [5.41, 5.74) is 1.55. The van der Waals surface area contributed by atoms with Gasteiger partial charge in [-0.25, -0.2) is 4.79 Å². The molecule has 3 rings (SSSR count). The third kappa shape index (κ3) is 4.31. The molecule has 0 fully saturated rings. The number of H-pyrrole nitrogens is 1. The molecule has 0 saturated heterocycles. The Hall–Kier alpha value is -3.06. The van der Waals surface area contributed by atoms with Crippen LogP contribution < -0.4 is 0 Å². The summed E-state index contributed by atoms with van der Waals surface area (Å²) in [6.07, 6.45) is 1.53. The maximum atomic E-state index is 12.1. The van der Waals surface area contributed by atoms with Crippen molar-refractivity contribution in [3.05, 3.63) is 65.2 Å². The molecular formula is C18H16ClN3O4. The SMILES string of the molecule is CN(Cc1ccco1)C(=O)COC(=O)c1cc(-c2ccc(Cl)cc2)n[nH]1. The lowest BCUT2D eigenvalue weighted by Crippen LogP contribution is -2.30. The van der Waals surface area contributed by atoms with Gasteiger partial charge in [-0.2, -0.15) is 5.10 Å². The second-order valence-corrected chi connectivity index (χ2v) is 6.02. The first-order valence-electron chi connectivity index (χ1n) is 7.78. The molecule has 0 unspecified atom stereocenters. The van der Waals surface area contributed by atoms with Gasteiger partial charge in [0, 0.05) is 17.6 Å². The van der Waals surface area contributed by atoms with Crippen LogP contribution in [-0.4, -0.2) is 40.6 Å². The predicted molar refractivity (Wildman–Crippen MR) is 94.5 cm³/mol. The minimum atomic E-state index is -0.655. The second-order valence-electron chi connectivity index (χ2n) is 5.58. The molecule has 1 amide bonds. The Labute approximate surface area is 154 Å². The van der Waals surface area contributed by atoms with Crippen LogP contribution in [0.25, 0.3) is 11.3 Å². The van der Waals surface area contributed by atoms with Gasteiger partial charge in [0.2, 0.25) is 0 Å². The average Bonchev–Trinajstić information content (AvgIpc) is 3.32. The summed E-state index contributed by atoms with van der Waals surface area (Å²) in [4.78, 5) is 25.5. The lowest BCUT2D eigenvalue weighted by Gasteiger charge is -2.15. The first kappa shape index (κ1) is 17.8. The van der Waals surface area contributed by atoms with Crippen molar-refractivity contribution in [3.63, 3.8) is 0 Å². The topological polar surface area (TPSA) is 88.4 Å². The molecule has 2 heterocycles. The second kappa shape index (κ2) is 7.88. The van der Waals surface area contributed by atoms with E-state index in [1.165, 1.54) is 11.2 Å². The van der Waals surface area contributed by atoms with Crippen molar-refractivity contribution < 1.29 is 18.7 Å². The van der Waals surface area contributed by atoms with Crippen LogP contribution in [0.3, 0.4) is 0 Å². The Kier molecular flexibility index (Phi) is 5.38. The van der Waals surface area contributed by atoms with E-state index in [0.29, 0.717) is 23.0 Å². The summed E-state index contributed by atoms with van der Waals surface area (Å²) in [5, 5.41) is 7.30. The van der Waals surface area contributed by atoms with Gasteiger partial charge in [0.1, 0.15) is 11.5 Å². The summed E-state index contributed by atoms with van der Waals surface area (Å²) in [6.45, 7) is -0.0699. The number of carbonyl (C=O) groups is 2. The Balaban J connectivity index is 1.55. The molecule has 3 aromatic rings. The van der Waals surface area contributed by atoms with E-state index in [0.717, 1.165) is 5.56 Å². The Morgan fingerprint density at radius 3 is 2.73 bits per heavy atom. The molecular weight excluding hydrogens is 358 g/mol. The summed E-state index contributed by atoms with van der Waals surface area (Å²) in [6, 6.07) is 12.1. The van der Waals surface area contributed by atoms with E-state index in [1.54, 1.807) is 49.5 Å². The molecule has 0 aliphatic rings. The minimum absolute atomic E-state index is 0.163. The molecule has 8 heteroatoms. The van der Waals surface area contributed by atoms with Crippen molar-refractivity contribution in [2.45, 2.75) is 6.54 Å². The minimum Gasteiger partial charge on any atom is -0.467 e. The number of ether oxygens (including phenoxy) is 1. The molecule has 0 aliphatic carbocycles. The standard InChI is InChI=1S/C18H16ClN3O4/c1-22(10-14-3-2-8-25-14)17(23)11-26-18(24)16-9-15(20-21-16)12-4-6-13(19)7-5-12/h2-9H,10-11H2,1H3,(H,20,21). The molecule has 0 saturated carbocycles. The number of halogens is 1. The Bertz CT molecular complexity index is 888. The maximum absolute atomic E-state index is 12.1. The number of rotatable bonds is 6. The molecule has 2 aromatic heterocycles. The van der Waals surface area contributed by atoms with Gasteiger partial charge in [0.25, 0.3) is 5.91 Å². The fourth-order valence-electron chi connectivity index (χ4n) is 2.23. The van der Waals surface area contributed by atoms with Crippen molar-refractivity contribution in [1.29, 1.82) is 0 Å². The smallest absolute Gasteiger partial charge is 0.356 e. The molecule has 1 aromatic carbocycles. The van der Waals surface area contributed by atoms with Gasteiger partial charge in [-0.05, 0) is 30.3 Å². The Morgan fingerprint density at radius 1 is 1.27 bits per heavy atom. The number of nitrogens with one attached hydrogen (secondary N) is 1. The highest BCUT2D eigenvalue weighted by atomic mass is 35.5. The molecule has 0 aliphatic heterocycles. The first-order valence-corrected chi connectivity index (χ1v) is 8.15. The predicted octanol–water partition coefficient (Wildman–Crippen LogP) is 3.14. The van der Waals surface area contributed by atoms with Crippen molar-refractivity contribution >= 4 is 23.5 Å². The zero-order valence-corrected chi connectivity index (χ0v) is 14.7. The quantitative estimate of drug-likeness (QED) is 0.670. The number of aromatic nitrogens is 2. The number of aromatic amines is 1. The lowest BCUT2D eigenvalue weighted by molar-refractivity contribution is -0.134. The average molecular weight is 374 g/mol. The first-order chi connectivity index (χ1) is 12.5. The fourth-order valence-corrected chi connectivity index (χ4v) is 2.36. The van der Waals surface area contributed by atoms with E-state index >= 15 is 0 Å². The molecule has 0 bridgehead atoms. The number of esters is 1. The molecule has 134 valence electrons.